The summed E-state index contributed by atoms with van der Waals surface area (Å²) < 4.78 is 5.26. The van der Waals surface area contributed by atoms with E-state index in [1.165, 1.54) is 20.9 Å². The van der Waals surface area contributed by atoms with Gasteiger partial charge in [-0.2, -0.15) is 0 Å². The zero-order chi connectivity index (χ0) is 14.4. The van der Waals surface area contributed by atoms with Crippen molar-refractivity contribution in [3.05, 3.63) is 53.6 Å². The molecule has 106 valence electrons. The lowest BCUT2D eigenvalue weighted by molar-refractivity contribution is 0.413. The van der Waals surface area contributed by atoms with E-state index >= 15 is 0 Å². The highest BCUT2D eigenvalue weighted by molar-refractivity contribution is 7.99. The Balaban J connectivity index is 2.11. The molecule has 2 aromatic carbocycles. The van der Waals surface area contributed by atoms with Gasteiger partial charge < -0.3 is 10.1 Å². The van der Waals surface area contributed by atoms with Crippen molar-refractivity contribution < 1.29 is 4.74 Å². The molecular weight excluding hydrogens is 266 g/mol. The molecule has 0 spiro atoms. The Morgan fingerprint density at radius 2 is 1.90 bits per heavy atom. The van der Waals surface area contributed by atoms with Crippen LogP contribution in [0, 0.1) is 6.92 Å². The van der Waals surface area contributed by atoms with Gasteiger partial charge in [-0.05, 0) is 54.9 Å². The summed E-state index contributed by atoms with van der Waals surface area (Å²) in [6.45, 7) is 6.23. The fourth-order valence-corrected chi connectivity index (χ4v) is 2.96. The van der Waals surface area contributed by atoms with Gasteiger partial charge in [-0.15, -0.1) is 0 Å². The van der Waals surface area contributed by atoms with Crippen molar-refractivity contribution in [2.75, 3.05) is 13.7 Å². The predicted octanol–water partition coefficient (Wildman–Crippen LogP) is 4.26. The number of aryl methyl sites for hydroxylation is 1. The van der Waals surface area contributed by atoms with Crippen LogP contribution in [0.15, 0.2) is 52.3 Å². The minimum atomic E-state index is 0.899. The van der Waals surface area contributed by atoms with Crippen LogP contribution < -0.4 is 10.1 Å². The molecule has 0 aliphatic rings. The molecule has 0 unspecified atom stereocenters. The van der Waals surface area contributed by atoms with Crippen molar-refractivity contribution in [3.63, 3.8) is 0 Å². The largest absolute Gasteiger partial charge is 0.497 e. The van der Waals surface area contributed by atoms with Gasteiger partial charge in [0.2, 0.25) is 0 Å². The molecule has 0 aliphatic heterocycles. The van der Waals surface area contributed by atoms with Crippen LogP contribution in [0.3, 0.4) is 0 Å². The molecule has 0 saturated heterocycles. The molecule has 0 aromatic heterocycles. The van der Waals surface area contributed by atoms with Crippen molar-refractivity contribution >= 4 is 11.8 Å². The van der Waals surface area contributed by atoms with Crippen LogP contribution in [0.5, 0.6) is 5.75 Å². The molecule has 20 heavy (non-hydrogen) atoms. The average Bonchev–Trinajstić information content (AvgIpc) is 2.47. The van der Waals surface area contributed by atoms with Gasteiger partial charge in [0.1, 0.15) is 5.75 Å². The first kappa shape index (κ1) is 14.9. The number of hydrogen-bond acceptors (Lipinski definition) is 3. The van der Waals surface area contributed by atoms with E-state index in [9.17, 15) is 0 Å². The van der Waals surface area contributed by atoms with E-state index in [-0.39, 0.29) is 0 Å². The van der Waals surface area contributed by atoms with Gasteiger partial charge in [-0.3, -0.25) is 0 Å². The molecule has 0 fully saturated rings. The SMILES string of the molecule is CCNCc1ccc(Sc2cccc(OC)c2)cc1C. The molecule has 3 heteroatoms. The van der Waals surface area contributed by atoms with Gasteiger partial charge in [0, 0.05) is 16.3 Å². The third-order valence-corrected chi connectivity index (χ3v) is 4.14. The van der Waals surface area contributed by atoms with E-state index in [2.05, 4.69) is 49.5 Å². The fraction of sp³-hybridized carbons (Fsp3) is 0.294. The molecule has 0 radical (unpaired) electrons. The van der Waals surface area contributed by atoms with Crippen LogP contribution in [-0.4, -0.2) is 13.7 Å². The Morgan fingerprint density at radius 1 is 1.10 bits per heavy atom. The second-order valence-electron chi connectivity index (χ2n) is 4.65. The topological polar surface area (TPSA) is 21.3 Å². The summed E-state index contributed by atoms with van der Waals surface area (Å²) in [7, 11) is 1.70. The standard InChI is InChI=1S/C17H21NOS/c1-4-18-12-14-8-9-17(10-13(14)2)20-16-7-5-6-15(11-16)19-3/h5-11,18H,4,12H2,1-3H3. The van der Waals surface area contributed by atoms with Gasteiger partial charge in [0.05, 0.1) is 7.11 Å². The monoisotopic (exact) mass is 287 g/mol. The van der Waals surface area contributed by atoms with Crippen molar-refractivity contribution in [2.45, 2.75) is 30.2 Å². The van der Waals surface area contributed by atoms with E-state index in [0.29, 0.717) is 0 Å². The number of ether oxygens (including phenoxy) is 1. The predicted molar refractivity (Wildman–Crippen MR) is 85.7 cm³/mol. The Hall–Kier alpha value is -1.45. The first-order chi connectivity index (χ1) is 9.72. The quantitative estimate of drug-likeness (QED) is 0.857. The zero-order valence-electron chi connectivity index (χ0n) is 12.3. The maximum Gasteiger partial charge on any atom is 0.119 e. The fourth-order valence-electron chi connectivity index (χ4n) is 1.99. The summed E-state index contributed by atoms with van der Waals surface area (Å²) in [5.41, 5.74) is 2.70. The molecule has 2 nitrogen and oxygen atoms in total. The van der Waals surface area contributed by atoms with Crippen molar-refractivity contribution in [2.24, 2.45) is 0 Å². The van der Waals surface area contributed by atoms with Crippen LogP contribution in [0.25, 0.3) is 0 Å². The first-order valence-corrected chi connectivity index (χ1v) is 7.66. The maximum absolute atomic E-state index is 5.26. The Labute approximate surface area is 125 Å². The Kier molecular flexibility index (Phi) is 5.50. The van der Waals surface area contributed by atoms with Gasteiger partial charge in [-0.25, -0.2) is 0 Å². The maximum atomic E-state index is 5.26. The highest BCUT2D eigenvalue weighted by atomic mass is 32.2. The number of benzene rings is 2. The lowest BCUT2D eigenvalue weighted by Crippen LogP contribution is -2.12. The lowest BCUT2D eigenvalue weighted by Gasteiger charge is -2.09. The van der Waals surface area contributed by atoms with Gasteiger partial charge >= 0.3 is 0 Å². The molecule has 2 aromatic rings. The molecule has 0 bridgehead atoms. The van der Waals surface area contributed by atoms with Crippen molar-refractivity contribution in [1.82, 2.24) is 5.32 Å². The summed E-state index contributed by atoms with van der Waals surface area (Å²) in [6, 6.07) is 14.8. The summed E-state index contributed by atoms with van der Waals surface area (Å²) in [5, 5.41) is 3.37. The van der Waals surface area contributed by atoms with E-state index in [1.54, 1.807) is 18.9 Å². The third kappa shape index (κ3) is 4.02. The molecule has 2 rings (SSSR count). The summed E-state index contributed by atoms with van der Waals surface area (Å²) in [6.07, 6.45) is 0. The van der Waals surface area contributed by atoms with E-state index in [1.807, 2.05) is 12.1 Å². The normalized spacial score (nSPS) is 10.6. The average molecular weight is 287 g/mol. The Morgan fingerprint density at radius 3 is 2.60 bits per heavy atom. The number of rotatable bonds is 6. The van der Waals surface area contributed by atoms with E-state index < -0.39 is 0 Å². The first-order valence-electron chi connectivity index (χ1n) is 6.85. The number of nitrogens with one attached hydrogen (secondary N) is 1. The van der Waals surface area contributed by atoms with Crippen molar-refractivity contribution in [1.29, 1.82) is 0 Å². The van der Waals surface area contributed by atoms with Gasteiger partial charge in [0.25, 0.3) is 0 Å². The van der Waals surface area contributed by atoms with Gasteiger partial charge in [-0.1, -0.05) is 30.8 Å². The van der Waals surface area contributed by atoms with E-state index in [4.69, 9.17) is 4.74 Å². The lowest BCUT2D eigenvalue weighted by atomic mass is 10.1. The second-order valence-corrected chi connectivity index (χ2v) is 5.80. The van der Waals surface area contributed by atoms with Crippen LogP contribution in [0.2, 0.25) is 0 Å². The van der Waals surface area contributed by atoms with Gasteiger partial charge in [0.15, 0.2) is 0 Å². The summed E-state index contributed by atoms with van der Waals surface area (Å²) in [4.78, 5) is 2.46. The third-order valence-electron chi connectivity index (χ3n) is 3.16. The smallest absolute Gasteiger partial charge is 0.119 e. The highest BCUT2D eigenvalue weighted by Crippen LogP contribution is 2.31. The molecule has 0 saturated carbocycles. The van der Waals surface area contributed by atoms with Crippen LogP contribution in [-0.2, 0) is 6.54 Å². The molecule has 0 atom stereocenters. The summed E-state index contributed by atoms with van der Waals surface area (Å²) >= 11 is 1.76. The number of methoxy groups -OCH3 is 1. The highest BCUT2D eigenvalue weighted by Gasteiger charge is 2.03. The summed E-state index contributed by atoms with van der Waals surface area (Å²) in [5.74, 6) is 0.899. The molecule has 0 heterocycles. The zero-order valence-corrected chi connectivity index (χ0v) is 13.1. The molecular formula is C17H21NOS. The minimum absolute atomic E-state index is 0.899. The Bertz CT molecular complexity index is 569. The molecule has 1 N–H and O–H groups in total. The van der Waals surface area contributed by atoms with Crippen LogP contribution >= 0.6 is 11.8 Å². The van der Waals surface area contributed by atoms with E-state index in [0.717, 1.165) is 18.8 Å². The number of hydrogen-bond donors (Lipinski definition) is 1. The minimum Gasteiger partial charge on any atom is -0.497 e. The second kappa shape index (κ2) is 7.36. The van der Waals surface area contributed by atoms with Crippen LogP contribution in [0.4, 0.5) is 0 Å². The van der Waals surface area contributed by atoms with Crippen LogP contribution in [0.1, 0.15) is 18.1 Å². The van der Waals surface area contributed by atoms with Crippen molar-refractivity contribution in [3.8, 4) is 5.75 Å². The molecule has 0 amide bonds. The molecule has 0 aliphatic carbocycles.